The normalized spacial score (nSPS) is 9.92. The fourth-order valence-corrected chi connectivity index (χ4v) is 1.13. The molecule has 72 valence electrons. The molecule has 1 amide bonds. The van der Waals surface area contributed by atoms with E-state index >= 15 is 0 Å². The molecule has 2 nitrogen and oxygen atoms in total. The summed E-state index contributed by atoms with van der Waals surface area (Å²) in [5, 5.41) is 0. The number of carbonyl (C=O) groups is 1. The summed E-state index contributed by atoms with van der Waals surface area (Å²) in [5.41, 5.74) is 0. The van der Waals surface area contributed by atoms with Crippen LogP contribution >= 0.6 is 0 Å². The maximum Gasteiger partial charge on any atom is 0.222 e. The smallest absolute Gasteiger partial charge is 0.222 e. The Balaban J connectivity index is 3.42. The Hall–Kier alpha value is -0.530. The average Bonchev–Trinajstić information content (AvgIpc) is 2.05. The lowest BCUT2D eigenvalue weighted by Crippen LogP contribution is -2.27. The van der Waals surface area contributed by atoms with E-state index in [-0.39, 0.29) is 5.91 Å². The van der Waals surface area contributed by atoms with E-state index < -0.39 is 0 Å². The van der Waals surface area contributed by atoms with Crippen molar-refractivity contribution in [1.82, 2.24) is 4.90 Å². The van der Waals surface area contributed by atoms with Crippen LogP contribution in [0.5, 0.6) is 0 Å². The molecule has 0 aliphatic heterocycles. The minimum atomic E-state index is 0.286. The molecule has 0 atom stereocenters. The van der Waals surface area contributed by atoms with Gasteiger partial charge in [0.05, 0.1) is 0 Å². The predicted octanol–water partition coefficient (Wildman–Crippen LogP) is 2.44. The molecule has 0 N–H and O–H groups in total. The molecule has 0 heterocycles. The van der Waals surface area contributed by atoms with Gasteiger partial charge in [0.1, 0.15) is 0 Å². The van der Waals surface area contributed by atoms with E-state index in [9.17, 15) is 4.79 Å². The van der Waals surface area contributed by atoms with E-state index in [1.807, 2.05) is 18.9 Å². The van der Waals surface area contributed by atoms with Crippen LogP contribution < -0.4 is 0 Å². The molecule has 0 aliphatic rings. The Labute approximate surface area is 75.9 Å². The number of carbonyl (C=O) groups excluding carboxylic acids is 1. The minimum Gasteiger partial charge on any atom is -0.346 e. The third-order valence-corrected chi connectivity index (χ3v) is 1.99. The van der Waals surface area contributed by atoms with Gasteiger partial charge in [0.15, 0.2) is 0 Å². The first-order chi connectivity index (χ1) is 5.72. The molecular formula is C10H21NO. The molecule has 0 saturated carbocycles. The van der Waals surface area contributed by atoms with E-state index in [0.717, 1.165) is 19.4 Å². The molecule has 0 saturated heterocycles. The second-order valence-corrected chi connectivity index (χ2v) is 3.27. The van der Waals surface area contributed by atoms with E-state index in [1.54, 1.807) is 0 Å². The van der Waals surface area contributed by atoms with Crippen molar-refractivity contribution in [3.8, 4) is 0 Å². The standard InChI is InChI=1S/C10H21NO/c1-4-6-7-9-11(3)10(12)8-5-2/h4-9H2,1-3H3. The van der Waals surface area contributed by atoms with Crippen LogP contribution in [0.15, 0.2) is 0 Å². The number of nitrogens with zero attached hydrogens (tertiary/aromatic N) is 1. The van der Waals surface area contributed by atoms with Crippen molar-refractivity contribution in [3.63, 3.8) is 0 Å². The summed E-state index contributed by atoms with van der Waals surface area (Å²) in [6.45, 7) is 5.14. The molecular weight excluding hydrogens is 150 g/mol. The second kappa shape index (κ2) is 7.14. The predicted molar refractivity (Wildman–Crippen MR) is 52.1 cm³/mol. The van der Waals surface area contributed by atoms with E-state index in [0.29, 0.717) is 6.42 Å². The zero-order valence-electron chi connectivity index (χ0n) is 8.60. The van der Waals surface area contributed by atoms with Crippen molar-refractivity contribution in [2.24, 2.45) is 0 Å². The van der Waals surface area contributed by atoms with Gasteiger partial charge in [0, 0.05) is 20.0 Å². The molecule has 0 aromatic carbocycles. The number of rotatable bonds is 6. The molecule has 0 radical (unpaired) electrons. The molecule has 0 rings (SSSR count). The zero-order valence-corrected chi connectivity index (χ0v) is 8.60. The fourth-order valence-electron chi connectivity index (χ4n) is 1.13. The van der Waals surface area contributed by atoms with E-state index in [4.69, 9.17) is 0 Å². The van der Waals surface area contributed by atoms with Crippen LogP contribution in [0, 0.1) is 0 Å². The van der Waals surface area contributed by atoms with Gasteiger partial charge in [-0.05, 0) is 12.8 Å². The Morgan fingerprint density at radius 3 is 2.33 bits per heavy atom. The Kier molecular flexibility index (Phi) is 6.82. The van der Waals surface area contributed by atoms with Crippen LogP contribution in [0.25, 0.3) is 0 Å². The van der Waals surface area contributed by atoms with Gasteiger partial charge >= 0.3 is 0 Å². The summed E-state index contributed by atoms with van der Waals surface area (Å²) in [7, 11) is 1.90. The highest BCUT2D eigenvalue weighted by Gasteiger charge is 2.05. The van der Waals surface area contributed by atoms with Crippen molar-refractivity contribution in [1.29, 1.82) is 0 Å². The van der Waals surface area contributed by atoms with Gasteiger partial charge in [0.2, 0.25) is 5.91 Å². The first-order valence-electron chi connectivity index (χ1n) is 4.96. The van der Waals surface area contributed by atoms with Crippen molar-refractivity contribution in [2.75, 3.05) is 13.6 Å². The average molecular weight is 171 g/mol. The molecule has 0 bridgehead atoms. The third-order valence-electron chi connectivity index (χ3n) is 1.99. The number of hydrogen-bond acceptors (Lipinski definition) is 1. The number of hydrogen-bond donors (Lipinski definition) is 0. The fraction of sp³-hybridized carbons (Fsp3) is 0.900. The summed E-state index contributed by atoms with van der Waals surface area (Å²) >= 11 is 0. The SMILES string of the molecule is CCCCCN(C)C(=O)CCC. The van der Waals surface area contributed by atoms with E-state index in [1.165, 1.54) is 12.8 Å². The second-order valence-electron chi connectivity index (χ2n) is 3.27. The van der Waals surface area contributed by atoms with Crippen LogP contribution in [-0.4, -0.2) is 24.4 Å². The van der Waals surface area contributed by atoms with Crippen molar-refractivity contribution < 1.29 is 4.79 Å². The highest BCUT2D eigenvalue weighted by atomic mass is 16.2. The maximum absolute atomic E-state index is 11.3. The van der Waals surface area contributed by atoms with Crippen LogP contribution in [-0.2, 0) is 4.79 Å². The molecule has 0 fully saturated rings. The molecule has 0 spiro atoms. The molecule has 0 unspecified atom stereocenters. The van der Waals surface area contributed by atoms with Crippen LogP contribution in [0.3, 0.4) is 0 Å². The summed E-state index contributed by atoms with van der Waals surface area (Å²) in [6.07, 6.45) is 5.24. The third kappa shape index (κ3) is 5.16. The summed E-state index contributed by atoms with van der Waals surface area (Å²) in [6, 6.07) is 0. The quantitative estimate of drug-likeness (QED) is 0.562. The van der Waals surface area contributed by atoms with Gasteiger partial charge in [-0.15, -0.1) is 0 Å². The van der Waals surface area contributed by atoms with Gasteiger partial charge in [-0.1, -0.05) is 26.7 Å². The largest absolute Gasteiger partial charge is 0.346 e. The molecule has 2 heteroatoms. The van der Waals surface area contributed by atoms with Gasteiger partial charge in [-0.25, -0.2) is 0 Å². The Morgan fingerprint density at radius 1 is 1.17 bits per heavy atom. The van der Waals surface area contributed by atoms with Gasteiger partial charge in [-0.3, -0.25) is 4.79 Å². The minimum absolute atomic E-state index is 0.286. The zero-order chi connectivity index (χ0) is 9.40. The summed E-state index contributed by atoms with van der Waals surface area (Å²) in [4.78, 5) is 13.1. The summed E-state index contributed by atoms with van der Waals surface area (Å²) < 4.78 is 0. The lowest BCUT2D eigenvalue weighted by molar-refractivity contribution is -0.129. The lowest BCUT2D eigenvalue weighted by Gasteiger charge is -2.16. The molecule has 0 aromatic heterocycles. The number of unbranched alkanes of at least 4 members (excludes halogenated alkanes) is 2. The van der Waals surface area contributed by atoms with Crippen LogP contribution in [0.2, 0.25) is 0 Å². The van der Waals surface area contributed by atoms with Gasteiger partial charge in [0.25, 0.3) is 0 Å². The first kappa shape index (κ1) is 11.5. The highest BCUT2D eigenvalue weighted by Crippen LogP contribution is 1.99. The van der Waals surface area contributed by atoms with Gasteiger partial charge in [-0.2, -0.15) is 0 Å². The topological polar surface area (TPSA) is 20.3 Å². The van der Waals surface area contributed by atoms with Crippen molar-refractivity contribution in [3.05, 3.63) is 0 Å². The Bertz CT molecular complexity index is 123. The maximum atomic E-state index is 11.3. The lowest BCUT2D eigenvalue weighted by atomic mass is 10.2. The van der Waals surface area contributed by atoms with Crippen molar-refractivity contribution in [2.45, 2.75) is 46.0 Å². The van der Waals surface area contributed by atoms with E-state index in [2.05, 4.69) is 6.92 Å². The van der Waals surface area contributed by atoms with Crippen molar-refractivity contribution >= 4 is 5.91 Å². The molecule has 12 heavy (non-hydrogen) atoms. The first-order valence-corrected chi connectivity index (χ1v) is 4.96. The monoisotopic (exact) mass is 171 g/mol. The van der Waals surface area contributed by atoms with Gasteiger partial charge < -0.3 is 4.90 Å². The van der Waals surface area contributed by atoms with Crippen LogP contribution in [0.1, 0.15) is 46.0 Å². The van der Waals surface area contributed by atoms with Crippen LogP contribution in [0.4, 0.5) is 0 Å². The molecule has 0 aliphatic carbocycles. The summed E-state index contributed by atoms with van der Waals surface area (Å²) in [5.74, 6) is 0.286. The number of amides is 1. The highest BCUT2D eigenvalue weighted by molar-refractivity contribution is 5.75. The Morgan fingerprint density at radius 2 is 1.83 bits per heavy atom. The molecule has 0 aromatic rings.